The molecule has 1 saturated heterocycles. The number of aliphatic hydroxyl groups excluding tert-OH is 1. The number of nitrogens with one attached hydrogen (secondary N) is 1. The Labute approximate surface area is 163 Å². The van der Waals surface area contributed by atoms with Gasteiger partial charge in [-0.1, -0.05) is 6.07 Å². The van der Waals surface area contributed by atoms with Crippen molar-refractivity contribution in [2.75, 3.05) is 31.6 Å². The third kappa shape index (κ3) is 3.52. The molecule has 0 aliphatic carbocycles. The van der Waals surface area contributed by atoms with Crippen molar-refractivity contribution >= 4 is 29.7 Å². The van der Waals surface area contributed by atoms with Crippen molar-refractivity contribution in [3.63, 3.8) is 0 Å². The second-order valence-electron chi connectivity index (χ2n) is 7.17. The first kappa shape index (κ1) is 20.0. The van der Waals surface area contributed by atoms with E-state index in [0.29, 0.717) is 30.6 Å². The number of rotatable bonds is 7. The summed E-state index contributed by atoms with van der Waals surface area (Å²) in [4.78, 5) is 52.3. The van der Waals surface area contributed by atoms with Gasteiger partial charge < -0.3 is 20.1 Å². The van der Waals surface area contributed by atoms with Crippen molar-refractivity contribution in [2.45, 2.75) is 31.7 Å². The van der Waals surface area contributed by atoms with Gasteiger partial charge in [-0.2, -0.15) is 0 Å². The maximum Gasteiger partial charge on any atom is 0.264 e. The van der Waals surface area contributed by atoms with Gasteiger partial charge in [0.2, 0.25) is 5.91 Å². The zero-order valence-corrected chi connectivity index (χ0v) is 15.9. The Morgan fingerprint density at radius 3 is 2.61 bits per heavy atom. The largest absolute Gasteiger partial charge is 0.396 e. The van der Waals surface area contributed by atoms with Crippen LogP contribution in [0.15, 0.2) is 18.2 Å². The third-order valence-electron chi connectivity index (χ3n) is 5.56. The molecule has 1 aromatic carbocycles. The molecule has 3 rings (SSSR count). The molecule has 1 unspecified atom stereocenters. The van der Waals surface area contributed by atoms with Crippen molar-refractivity contribution < 1.29 is 24.3 Å². The minimum Gasteiger partial charge on any atom is -0.396 e. The first-order chi connectivity index (χ1) is 13.5. The topological polar surface area (TPSA) is 107 Å². The Hall–Kier alpha value is -2.74. The minimum atomic E-state index is -1.02. The Kier molecular flexibility index (Phi) is 6.08. The third-order valence-corrected chi connectivity index (χ3v) is 5.56. The Bertz CT molecular complexity index is 786. The van der Waals surface area contributed by atoms with Crippen molar-refractivity contribution in [3.05, 3.63) is 29.3 Å². The molecule has 3 amide bonds. The fourth-order valence-corrected chi connectivity index (χ4v) is 3.96. The second kappa shape index (κ2) is 8.52. The predicted octanol–water partition coefficient (Wildman–Crippen LogP) is 0.585. The van der Waals surface area contributed by atoms with Gasteiger partial charge in [-0.3, -0.25) is 19.3 Å². The molecule has 2 heterocycles. The van der Waals surface area contributed by atoms with Crippen LogP contribution in [0.25, 0.3) is 0 Å². The van der Waals surface area contributed by atoms with Gasteiger partial charge in [-0.25, -0.2) is 0 Å². The lowest BCUT2D eigenvalue weighted by atomic mass is 9.96. The Balaban J connectivity index is 1.93. The molecule has 2 aliphatic heterocycles. The number of hydrogen-bond donors (Lipinski definition) is 2. The van der Waals surface area contributed by atoms with Crippen molar-refractivity contribution in [1.82, 2.24) is 10.2 Å². The van der Waals surface area contributed by atoms with Crippen LogP contribution in [0, 0.1) is 5.92 Å². The van der Waals surface area contributed by atoms with Gasteiger partial charge in [0.15, 0.2) is 0 Å². The summed E-state index contributed by atoms with van der Waals surface area (Å²) in [6.07, 6.45) is 2.46. The van der Waals surface area contributed by atoms with Crippen LogP contribution < -0.4 is 10.2 Å². The molecular weight excluding hydrogens is 362 g/mol. The van der Waals surface area contributed by atoms with E-state index in [-0.39, 0.29) is 30.9 Å². The first-order valence-corrected chi connectivity index (χ1v) is 9.55. The second-order valence-corrected chi connectivity index (χ2v) is 7.17. The zero-order valence-electron chi connectivity index (χ0n) is 15.9. The van der Waals surface area contributed by atoms with Crippen molar-refractivity contribution in [3.8, 4) is 0 Å². The molecule has 1 aromatic rings. The van der Waals surface area contributed by atoms with Crippen LogP contribution in [0.1, 0.15) is 46.4 Å². The van der Waals surface area contributed by atoms with Crippen LogP contribution in [0.2, 0.25) is 0 Å². The predicted molar refractivity (Wildman–Crippen MR) is 102 cm³/mol. The highest BCUT2D eigenvalue weighted by atomic mass is 16.3. The van der Waals surface area contributed by atoms with Crippen LogP contribution in [0.3, 0.4) is 0 Å². The normalized spacial score (nSPS) is 18.2. The Morgan fingerprint density at radius 1 is 1.29 bits per heavy atom. The number of benzene rings is 1. The van der Waals surface area contributed by atoms with E-state index in [1.165, 1.54) is 7.05 Å². The number of amides is 3. The van der Waals surface area contributed by atoms with Gasteiger partial charge in [-0.05, 0) is 37.3 Å². The highest BCUT2D eigenvalue weighted by Gasteiger charge is 2.44. The molecule has 0 aromatic heterocycles. The summed E-state index contributed by atoms with van der Waals surface area (Å²) in [5.41, 5.74) is 1.28. The molecular formula is C20H25N3O5. The highest BCUT2D eigenvalue weighted by molar-refractivity contribution is 6.25. The molecule has 8 nitrogen and oxygen atoms in total. The monoisotopic (exact) mass is 387 g/mol. The molecule has 8 heteroatoms. The molecule has 0 radical (unpaired) electrons. The molecule has 2 aliphatic rings. The van der Waals surface area contributed by atoms with Crippen LogP contribution in [0.4, 0.5) is 5.69 Å². The average molecular weight is 387 g/mol. The van der Waals surface area contributed by atoms with E-state index < -0.39 is 23.8 Å². The lowest BCUT2D eigenvalue weighted by Gasteiger charge is -2.33. The number of likely N-dealkylation sites (N-methyl/N-ethyl adjacent to an activating group) is 1. The lowest BCUT2D eigenvalue weighted by Crippen LogP contribution is -2.48. The summed E-state index contributed by atoms with van der Waals surface area (Å²) in [6.45, 7) is 1.52. The van der Waals surface area contributed by atoms with Gasteiger partial charge in [-0.15, -0.1) is 0 Å². The fraction of sp³-hybridized carbons (Fsp3) is 0.500. The summed E-state index contributed by atoms with van der Waals surface area (Å²) < 4.78 is 0. The number of aldehydes is 1. The number of carbonyl (C=O) groups is 4. The zero-order chi connectivity index (χ0) is 20.3. The quantitative estimate of drug-likeness (QED) is 0.524. The van der Waals surface area contributed by atoms with Crippen molar-refractivity contribution in [2.24, 2.45) is 5.92 Å². The van der Waals surface area contributed by atoms with E-state index in [1.807, 2.05) is 6.07 Å². The minimum absolute atomic E-state index is 0.0764. The van der Waals surface area contributed by atoms with Gasteiger partial charge in [0.25, 0.3) is 11.8 Å². The van der Waals surface area contributed by atoms with Gasteiger partial charge >= 0.3 is 0 Å². The highest BCUT2D eigenvalue weighted by Crippen LogP contribution is 2.35. The lowest BCUT2D eigenvalue weighted by molar-refractivity contribution is -0.124. The fourth-order valence-electron chi connectivity index (χ4n) is 3.96. The number of aliphatic hydroxyl groups is 1. The Morgan fingerprint density at radius 2 is 2.00 bits per heavy atom. The van der Waals surface area contributed by atoms with Crippen LogP contribution >= 0.6 is 0 Å². The molecule has 0 bridgehead atoms. The SMILES string of the molecule is CNC(=O)C(CCC=O)N1C(=O)c2cccc(N3CCC(CO)CC3)c2C1=O. The maximum absolute atomic E-state index is 13.2. The number of imide groups is 1. The molecule has 28 heavy (non-hydrogen) atoms. The first-order valence-electron chi connectivity index (χ1n) is 9.55. The van der Waals surface area contributed by atoms with Crippen LogP contribution in [0.5, 0.6) is 0 Å². The van der Waals surface area contributed by atoms with E-state index >= 15 is 0 Å². The van der Waals surface area contributed by atoms with Crippen LogP contribution in [-0.4, -0.2) is 66.8 Å². The molecule has 0 saturated carbocycles. The van der Waals surface area contributed by atoms with E-state index in [0.717, 1.165) is 17.7 Å². The molecule has 150 valence electrons. The van der Waals surface area contributed by atoms with E-state index in [4.69, 9.17) is 0 Å². The van der Waals surface area contributed by atoms with E-state index in [1.54, 1.807) is 12.1 Å². The van der Waals surface area contributed by atoms with E-state index in [9.17, 15) is 24.3 Å². The van der Waals surface area contributed by atoms with E-state index in [2.05, 4.69) is 10.2 Å². The standard InChI is InChI=1S/C20H25N3O5/c1-21-18(26)16(6-3-11-24)23-19(27)14-4-2-5-15(17(14)20(23)28)22-9-7-13(12-25)8-10-22/h2,4-5,11,13,16,25H,3,6-10,12H2,1H3,(H,21,26). The summed E-state index contributed by atoms with van der Waals surface area (Å²) in [5.74, 6) is -1.23. The smallest absolute Gasteiger partial charge is 0.264 e. The molecule has 0 spiro atoms. The van der Waals surface area contributed by atoms with Crippen molar-refractivity contribution in [1.29, 1.82) is 0 Å². The van der Waals surface area contributed by atoms with Gasteiger partial charge in [0.1, 0.15) is 12.3 Å². The number of piperidine rings is 1. The van der Waals surface area contributed by atoms with Crippen LogP contribution in [-0.2, 0) is 9.59 Å². The molecule has 1 fully saturated rings. The van der Waals surface area contributed by atoms with Gasteiger partial charge in [0, 0.05) is 33.2 Å². The molecule has 2 N–H and O–H groups in total. The molecule has 1 atom stereocenters. The summed E-state index contributed by atoms with van der Waals surface area (Å²) in [6, 6.07) is 4.13. The number of anilines is 1. The maximum atomic E-state index is 13.2. The average Bonchev–Trinajstić information content (AvgIpc) is 2.99. The summed E-state index contributed by atoms with van der Waals surface area (Å²) in [5, 5.41) is 11.8. The number of carbonyl (C=O) groups excluding carboxylic acids is 4. The summed E-state index contributed by atoms with van der Waals surface area (Å²) in [7, 11) is 1.44. The summed E-state index contributed by atoms with van der Waals surface area (Å²) >= 11 is 0. The number of nitrogens with zero attached hydrogens (tertiary/aromatic N) is 2. The number of fused-ring (bicyclic) bond motifs is 1. The van der Waals surface area contributed by atoms with Gasteiger partial charge in [0.05, 0.1) is 16.8 Å². The number of hydrogen-bond acceptors (Lipinski definition) is 6.